The molecular formula is C20H19N3O2. The molecule has 2 aromatic carbocycles. The van der Waals surface area contributed by atoms with Crippen LogP contribution in [-0.4, -0.2) is 17.6 Å². The lowest BCUT2D eigenvalue weighted by Crippen LogP contribution is -2.33. The number of hydrogen-bond donors (Lipinski definition) is 2. The van der Waals surface area contributed by atoms with Crippen LogP contribution in [0, 0.1) is 13.8 Å². The average Bonchev–Trinajstić information content (AvgIpc) is 2.99. The van der Waals surface area contributed by atoms with E-state index in [1.165, 1.54) is 16.7 Å². The summed E-state index contributed by atoms with van der Waals surface area (Å²) in [7, 11) is 0. The molecule has 1 aliphatic heterocycles. The highest BCUT2D eigenvalue weighted by atomic mass is 16.2. The number of anilines is 2. The summed E-state index contributed by atoms with van der Waals surface area (Å²) in [6.45, 7) is 4.81. The maximum Gasteiger partial charge on any atom is 0.326 e. The molecule has 0 atom stereocenters. The Morgan fingerprint density at radius 2 is 1.92 bits per heavy atom. The Morgan fingerprint density at radius 1 is 1.12 bits per heavy atom. The SMILES string of the molecule is Cc1cc2c(cc1C)N(C(=O)Nc1cccc3c(=O)[nH]ccc13)CC2. The summed E-state index contributed by atoms with van der Waals surface area (Å²) in [6.07, 6.45) is 2.46. The molecule has 3 aromatic rings. The lowest BCUT2D eigenvalue weighted by atomic mass is 10.0. The van der Waals surface area contributed by atoms with Crippen molar-refractivity contribution in [3.8, 4) is 0 Å². The van der Waals surface area contributed by atoms with Gasteiger partial charge in [0.2, 0.25) is 0 Å². The smallest absolute Gasteiger partial charge is 0.326 e. The van der Waals surface area contributed by atoms with E-state index in [0.29, 0.717) is 17.6 Å². The molecule has 0 bridgehead atoms. The predicted octanol–water partition coefficient (Wildman–Crippen LogP) is 3.74. The van der Waals surface area contributed by atoms with Gasteiger partial charge in [-0.05, 0) is 61.2 Å². The lowest BCUT2D eigenvalue weighted by Gasteiger charge is -2.19. The Bertz CT molecular complexity index is 1050. The number of aromatic amines is 1. The predicted molar refractivity (Wildman–Crippen MR) is 101 cm³/mol. The van der Waals surface area contributed by atoms with Crippen LogP contribution in [0.3, 0.4) is 0 Å². The van der Waals surface area contributed by atoms with Crippen LogP contribution in [-0.2, 0) is 6.42 Å². The number of benzene rings is 2. The van der Waals surface area contributed by atoms with Crippen LogP contribution in [0.2, 0.25) is 0 Å². The van der Waals surface area contributed by atoms with Gasteiger partial charge in [0.15, 0.2) is 0 Å². The molecule has 0 aliphatic carbocycles. The molecule has 1 aliphatic rings. The fraction of sp³-hybridized carbons (Fsp3) is 0.200. The van der Waals surface area contributed by atoms with E-state index in [2.05, 4.69) is 36.3 Å². The van der Waals surface area contributed by atoms with Gasteiger partial charge in [0.1, 0.15) is 0 Å². The molecular weight excluding hydrogens is 314 g/mol. The Balaban J connectivity index is 1.68. The molecule has 0 saturated carbocycles. The van der Waals surface area contributed by atoms with Gasteiger partial charge in [-0.1, -0.05) is 12.1 Å². The van der Waals surface area contributed by atoms with Gasteiger partial charge < -0.3 is 10.3 Å². The van der Waals surface area contributed by atoms with Crippen LogP contribution in [0.25, 0.3) is 10.8 Å². The van der Waals surface area contributed by atoms with Crippen molar-refractivity contribution >= 4 is 28.2 Å². The van der Waals surface area contributed by atoms with Gasteiger partial charge in [0.25, 0.3) is 5.56 Å². The van der Waals surface area contributed by atoms with Crippen molar-refractivity contribution in [2.75, 3.05) is 16.8 Å². The molecule has 0 unspecified atom stereocenters. The minimum Gasteiger partial charge on any atom is -0.329 e. The monoisotopic (exact) mass is 333 g/mol. The van der Waals surface area contributed by atoms with E-state index < -0.39 is 0 Å². The van der Waals surface area contributed by atoms with Crippen LogP contribution < -0.4 is 15.8 Å². The highest BCUT2D eigenvalue weighted by molar-refractivity contribution is 6.08. The van der Waals surface area contributed by atoms with Gasteiger partial charge >= 0.3 is 6.03 Å². The second-order valence-corrected chi connectivity index (χ2v) is 6.47. The van der Waals surface area contributed by atoms with Crippen molar-refractivity contribution in [1.82, 2.24) is 4.98 Å². The zero-order valence-electron chi connectivity index (χ0n) is 14.2. The van der Waals surface area contributed by atoms with E-state index in [1.54, 1.807) is 29.3 Å². The number of rotatable bonds is 1. The topological polar surface area (TPSA) is 65.2 Å². The van der Waals surface area contributed by atoms with Crippen LogP contribution >= 0.6 is 0 Å². The summed E-state index contributed by atoms with van der Waals surface area (Å²) in [4.78, 5) is 29.2. The van der Waals surface area contributed by atoms with E-state index >= 15 is 0 Å². The maximum absolute atomic E-state index is 12.8. The number of carbonyl (C=O) groups is 1. The van der Waals surface area contributed by atoms with Crippen molar-refractivity contribution in [3.63, 3.8) is 0 Å². The number of aryl methyl sites for hydroxylation is 2. The quantitative estimate of drug-likeness (QED) is 0.712. The number of amides is 2. The highest BCUT2D eigenvalue weighted by Gasteiger charge is 2.25. The number of nitrogens with one attached hydrogen (secondary N) is 2. The Morgan fingerprint density at radius 3 is 2.76 bits per heavy atom. The molecule has 1 aromatic heterocycles. The molecule has 2 amide bonds. The van der Waals surface area contributed by atoms with Crippen molar-refractivity contribution in [1.29, 1.82) is 0 Å². The Labute approximate surface area is 145 Å². The van der Waals surface area contributed by atoms with Crippen molar-refractivity contribution in [2.45, 2.75) is 20.3 Å². The standard InChI is InChI=1S/C20H19N3O2/c1-12-10-14-7-9-23(18(14)11-13(12)2)20(25)22-17-5-3-4-16-15(17)6-8-21-19(16)24/h3-6,8,10-11H,7,9H2,1-2H3,(H,21,24)(H,22,25). The third-order valence-electron chi connectivity index (χ3n) is 4.89. The largest absolute Gasteiger partial charge is 0.329 e. The van der Waals surface area contributed by atoms with Gasteiger partial charge in [-0.15, -0.1) is 0 Å². The molecule has 0 fully saturated rings. The summed E-state index contributed by atoms with van der Waals surface area (Å²) in [6, 6.07) is 11.2. The van der Waals surface area contributed by atoms with Gasteiger partial charge in [0.05, 0.1) is 5.69 Å². The third-order valence-corrected chi connectivity index (χ3v) is 4.89. The Kier molecular flexibility index (Phi) is 3.57. The molecule has 4 rings (SSSR count). The number of H-pyrrole nitrogens is 1. The minimum absolute atomic E-state index is 0.161. The van der Waals surface area contributed by atoms with Crippen LogP contribution in [0.4, 0.5) is 16.2 Å². The summed E-state index contributed by atoms with van der Waals surface area (Å²) >= 11 is 0. The second kappa shape index (κ2) is 5.77. The number of fused-ring (bicyclic) bond motifs is 2. The molecule has 25 heavy (non-hydrogen) atoms. The molecule has 2 heterocycles. The van der Waals surface area contributed by atoms with Crippen LogP contribution in [0.15, 0.2) is 47.4 Å². The average molecular weight is 333 g/mol. The van der Waals surface area contributed by atoms with Gasteiger partial charge in [-0.2, -0.15) is 0 Å². The minimum atomic E-state index is -0.171. The number of urea groups is 1. The number of hydrogen-bond acceptors (Lipinski definition) is 2. The summed E-state index contributed by atoms with van der Waals surface area (Å²) in [5, 5.41) is 4.26. The van der Waals surface area contributed by atoms with E-state index in [-0.39, 0.29) is 11.6 Å². The van der Waals surface area contributed by atoms with Gasteiger partial charge in [0, 0.05) is 29.2 Å². The zero-order chi connectivity index (χ0) is 17.6. The summed E-state index contributed by atoms with van der Waals surface area (Å²) in [5.41, 5.74) is 5.08. The van der Waals surface area contributed by atoms with E-state index in [0.717, 1.165) is 17.5 Å². The van der Waals surface area contributed by atoms with E-state index in [9.17, 15) is 9.59 Å². The van der Waals surface area contributed by atoms with Gasteiger partial charge in [-0.3, -0.25) is 9.69 Å². The second-order valence-electron chi connectivity index (χ2n) is 6.47. The molecule has 5 heteroatoms. The molecule has 0 spiro atoms. The molecule has 0 radical (unpaired) electrons. The van der Waals surface area contributed by atoms with E-state index in [4.69, 9.17) is 0 Å². The highest BCUT2D eigenvalue weighted by Crippen LogP contribution is 2.31. The van der Waals surface area contributed by atoms with Gasteiger partial charge in [-0.25, -0.2) is 4.79 Å². The molecule has 126 valence electrons. The maximum atomic E-state index is 12.8. The normalized spacial score (nSPS) is 13.1. The van der Waals surface area contributed by atoms with E-state index in [1.807, 2.05) is 6.07 Å². The fourth-order valence-corrected chi connectivity index (χ4v) is 3.39. The fourth-order valence-electron chi connectivity index (χ4n) is 3.39. The Hall–Kier alpha value is -3.08. The first-order valence-electron chi connectivity index (χ1n) is 8.33. The third kappa shape index (κ3) is 2.58. The summed E-state index contributed by atoms with van der Waals surface area (Å²) in [5.74, 6) is 0. The number of carbonyl (C=O) groups excluding carboxylic acids is 1. The van der Waals surface area contributed by atoms with Crippen molar-refractivity contribution < 1.29 is 4.79 Å². The molecule has 5 nitrogen and oxygen atoms in total. The molecule has 2 N–H and O–H groups in total. The molecule has 0 saturated heterocycles. The van der Waals surface area contributed by atoms with Crippen LogP contribution in [0.5, 0.6) is 0 Å². The van der Waals surface area contributed by atoms with Crippen molar-refractivity contribution in [3.05, 3.63) is 69.6 Å². The zero-order valence-corrected chi connectivity index (χ0v) is 14.2. The summed E-state index contributed by atoms with van der Waals surface area (Å²) < 4.78 is 0. The van der Waals surface area contributed by atoms with Crippen LogP contribution in [0.1, 0.15) is 16.7 Å². The van der Waals surface area contributed by atoms with Crippen molar-refractivity contribution in [2.24, 2.45) is 0 Å². The number of aromatic nitrogens is 1. The first-order valence-corrected chi connectivity index (χ1v) is 8.33. The number of nitrogens with zero attached hydrogens (tertiary/aromatic N) is 1. The first kappa shape index (κ1) is 15.4. The first-order chi connectivity index (χ1) is 12.0. The lowest BCUT2D eigenvalue weighted by molar-refractivity contribution is 0.257. The number of pyridine rings is 1.